The van der Waals surface area contributed by atoms with E-state index in [2.05, 4.69) is 10.4 Å². The van der Waals surface area contributed by atoms with E-state index < -0.39 is 5.97 Å². The van der Waals surface area contributed by atoms with Gasteiger partial charge in [-0.1, -0.05) is 0 Å². The fraction of sp³-hybridized carbons (Fsp3) is 0.333. The third-order valence-corrected chi connectivity index (χ3v) is 2.58. The molecule has 0 saturated carbocycles. The number of aromatic carboxylic acids is 1. The number of carboxylic acid groups (broad SMARTS) is 1. The van der Waals surface area contributed by atoms with Crippen LogP contribution in [-0.2, 0) is 13.1 Å². The van der Waals surface area contributed by atoms with Crippen molar-refractivity contribution in [3.8, 4) is 0 Å². The van der Waals surface area contributed by atoms with Crippen LogP contribution in [0.4, 0.5) is 0 Å². The van der Waals surface area contributed by atoms with Gasteiger partial charge in [0.2, 0.25) is 0 Å². The molecule has 2 rings (SSSR count). The average molecular weight is 249 g/mol. The minimum absolute atomic E-state index is 0.221. The van der Waals surface area contributed by atoms with Crippen LogP contribution in [0, 0.1) is 6.92 Å². The Hall–Kier alpha value is -2.08. The molecule has 2 aromatic heterocycles. The summed E-state index contributed by atoms with van der Waals surface area (Å²) in [6, 6.07) is 3.42. The van der Waals surface area contributed by atoms with Crippen molar-refractivity contribution >= 4 is 5.97 Å². The largest absolute Gasteiger partial charge is 0.478 e. The van der Waals surface area contributed by atoms with Crippen LogP contribution in [0.5, 0.6) is 0 Å². The summed E-state index contributed by atoms with van der Waals surface area (Å²) >= 11 is 0. The minimum atomic E-state index is -0.959. The van der Waals surface area contributed by atoms with E-state index in [4.69, 9.17) is 9.52 Å². The molecule has 0 amide bonds. The fourth-order valence-corrected chi connectivity index (χ4v) is 1.68. The zero-order valence-corrected chi connectivity index (χ0v) is 10.1. The molecule has 0 unspecified atom stereocenters. The van der Waals surface area contributed by atoms with Crippen LogP contribution in [0.2, 0.25) is 0 Å². The van der Waals surface area contributed by atoms with Crippen LogP contribution in [-0.4, -0.2) is 27.4 Å². The van der Waals surface area contributed by atoms with Crippen molar-refractivity contribution in [1.29, 1.82) is 0 Å². The van der Waals surface area contributed by atoms with Crippen LogP contribution >= 0.6 is 0 Å². The molecular formula is C12H15N3O3. The van der Waals surface area contributed by atoms with Crippen molar-refractivity contribution in [3.05, 3.63) is 41.6 Å². The van der Waals surface area contributed by atoms with E-state index in [1.165, 1.54) is 0 Å². The van der Waals surface area contributed by atoms with E-state index in [0.717, 1.165) is 13.1 Å². The molecule has 18 heavy (non-hydrogen) atoms. The van der Waals surface area contributed by atoms with E-state index in [1.807, 2.05) is 16.9 Å². The van der Waals surface area contributed by atoms with Crippen molar-refractivity contribution in [2.75, 3.05) is 6.54 Å². The Balaban J connectivity index is 1.80. The smallest absolute Gasteiger partial charge is 0.339 e. The third-order valence-electron chi connectivity index (χ3n) is 2.58. The average Bonchev–Trinajstić information content (AvgIpc) is 2.94. The Morgan fingerprint density at radius 2 is 2.44 bits per heavy atom. The van der Waals surface area contributed by atoms with Gasteiger partial charge in [0.1, 0.15) is 17.1 Å². The lowest BCUT2D eigenvalue weighted by molar-refractivity contribution is 0.0695. The predicted molar refractivity (Wildman–Crippen MR) is 64.3 cm³/mol. The lowest BCUT2D eigenvalue weighted by atomic mass is 10.2. The van der Waals surface area contributed by atoms with E-state index in [-0.39, 0.29) is 5.56 Å². The van der Waals surface area contributed by atoms with E-state index >= 15 is 0 Å². The van der Waals surface area contributed by atoms with Gasteiger partial charge in [0.25, 0.3) is 0 Å². The normalized spacial score (nSPS) is 10.7. The number of nitrogens with zero attached hydrogens (tertiary/aromatic N) is 2. The summed E-state index contributed by atoms with van der Waals surface area (Å²) in [7, 11) is 0. The summed E-state index contributed by atoms with van der Waals surface area (Å²) < 4.78 is 7.17. The molecule has 6 nitrogen and oxygen atoms in total. The number of hydrogen-bond donors (Lipinski definition) is 2. The van der Waals surface area contributed by atoms with E-state index in [1.54, 1.807) is 19.2 Å². The number of nitrogens with one attached hydrogen (secondary N) is 1. The highest BCUT2D eigenvalue weighted by Crippen LogP contribution is 2.14. The minimum Gasteiger partial charge on any atom is -0.478 e. The number of carboxylic acids is 1. The van der Waals surface area contributed by atoms with Crippen LogP contribution in [0.3, 0.4) is 0 Å². The first-order chi connectivity index (χ1) is 8.66. The van der Waals surface area contributed by atoms with Gasteiger partial charge in [-0.05, 0) is 19.1 Å². The van der Waals surface area contributed by atoms with Gasteiger partial charge in [0, 0.05) is 18.9 Å². The molecule has 96 valence electrons. The van der Waals surface area contributed by atoms with Crippen molar-refractivity contribution in [2.45, 2.75) is 20.0 Å². The summed E-state index contributed by atoms with van der Waals surface area (Å²) in [5.41, 5.74) is 0.221. The molecule has 0 saturated heterocycles. The first-order valence-corrected chi connectivity index (χ1v) is 5.67. The van der Waals surface area contributed by atoms with E-state index in [9.17, 15) is 4.79 Å². The second-order valence-corrected chi connectivity index (χ2v) is 3.93. The summed E-state index contributed by atoms with van der Waals surface area (Å²) in [5, 5.41) is 16.1. The predicted octanol–water partition coefficient (Wildman–Crippen LogP) is 1.27. The Kier molecular flexibility index (Phi) is 3.78. The van der Waals surface area contributed by atoms with Crippen molar-refractivity contribution < 1.29 is 14.3 Å². The number of rotatable bonds is 6. The Morgan fingerprint density at radius 3 is 3.06 bits per heavy atom. The number of aromatic nitrogens is 2. The zero-order valence-electron chi connectivity index (χ0n) is 10.1. The molecule has 0 aliphatic heterocycles. The standard InChI is InChI=1S/C12H15N3O3/c1-9-11(12(16)17)7-10(18-9)8-13-4-6-15-5-2-3-14-15/h2-3,5,7,13H,4,6,8H2,1H3,(H,16,17). The lowest BCUT2D eigenvalue weighted by Crippen LogP contribution is -2.19. The van der Waals surface area contributed by atoms with Crippen LogP contribution in [0.1, 0.15) is 21.9 Å². The zero-order chi connectivity index (χ0) is 13.0. The van der Waals surface area contributed by atoms with Gasteiger partial charge in [-0.25, -0.2) is 4.79 Å². The highest BCUT2D eigenvalue weighted by molar-refractivity contribution is 5.88. The summed E-state index contributed by atoms with van der Waals surface area (Å²) in [4.78, 5) is 10.8. The Morgan fingerprint density at radius 1 is 1.61 bits per heavy atom. The van der Waals surface area contributed by atoms with Crippen LogP contribution in [0.15, 0.2) is 28.9 Å². The summed E-state index contributed by atoms with van der Waals surface area (Å²) in [5.74, 6) is 0.107. The van der Waals surface area contributed by atoms with Crippen molar-refractivity contribution in [1.82, 2.24) is 15.1 Å². The molecule has 0 aliphatic carbocycles. The fourth-order valence-electron chi connectivity index (χ4n) is 1.68. The molecule has 2 heterocycles. The second kappa shape index (κ2) is 5.50. The maximum atomic E-state index is 10.8. The van der Waals surface area contributed by atoms with Gasteiger partial charge in [-0.2, -0.15) is 5.10 Å². The maximum absolute atomic E-state index is 10.8. The molecule has 0 radical (unpaired) electrons. The van der Waals surface area contributed by atoms with Gasteiger partial charge >= 0.3 is 5.97 Å². The molecule has 6 heteroatoms. The first-order valence-electron chi connectivity index (χ1n) is 5.67. The Bertz CT molecular complexity index is 517. The number of hydrogen-bond acceptors (Lipinski definition) is 4. The molecule has 0 atom stereocenters. The monoisotopic (exact) mass is 249 g/mol. The SMILES string of the molecule is Cc1oc(CNCCn2cccn2)cc1C(=O)O. The lowest BCUT2D eigenvalue weighted by Gasteiger charge is -2.02. The van der Waals surface area contributed by atoms with Gasteiger partial charge < -0.3 is 14.8 Å². The van der Waals surface area contributed by atoms with Gasteiger partial charge in [0.05, 0.1) is 13.1 Å². The van der Waals surface area contributed by atoms with Crippen LogP contribution in [0.25, 0.3) is 0 Å². The first kappa shape index (κ1) is 12.4. The molecule has 0 aliphatic rings. The molecule has 0 bridgehead atoms. The van der Waals surface area contributed by atoms with Gasteiger partial charge in [0.15, 0.2) is 0 Å². The molecule has 2 aromatic rings. The van der Waals surface area contributed by atoms with E-state index in [0.29, 0.717) is 18.1 Å². The molecule has 2 N–H and O–H groups in total. The topological polar surface area (TPSA) is 80.3 Å². The Labute approximate surface area is 104 Å². The van der Waals surface area contributed by atoms with Gasteiger partial charge in [-0.15, -0.1) is 0 Å². The quantitative estimate of drug-likeness (QED) is 0.754. The number of aryl methyl sites for hydroxylation is 1. The molecule has 0 spiro atoms. The highest BCUT2D eigenvalue weighted by atomic mass is 16.4. The molecular weight excluding hydrogens is 234 g/mol. The highest BCUT2D eigenvalue weighted by Gasteiger charge is 2.12. The van der Waals surface area contributed by atoms with Crippen molar-refractivity contribution in [2.24, 2.45) is 0 Å². The number of furan rings is 1. The molecule has 0 fully saturated rings. The van der Waals surface area contributed by atoms with Crippen LogP contribution < -0.4 is 5.32 Å². The summed E-state index contributed by atoms with van der Waals surface area (Å²) in [6.07, 6.45) is 3.62. The van der Waals surface area contributed by atoms with Crippen molar-refractivity contribution in [3.63, 3.8) is 0 Å². The number of carbonyl (C=O) groups is 1. The summed E-state index contributed by atoms with van der Waals surface area (Å²) in [6.45, 7) is 3.66. The maximum Gasteiger partial charge on any atom is 0.339 e. The second-order valence-electron chi connectivity index (χ2n) is 3.93. The molecule has 0 aromatic carbocycles. The third kappa shape index (κ3) is 2.98. The van der Waals surface area contributed by atoms with Gasteiger partial charge in [-0.3, -0.25) is 4.68 Å².